The van der Waals surface area contributed by atoms with Crippen LogP contribution in [0.2, 0.25) is 5.02 Å². The van der Waals surface area contributed by atoms with Gasteiger partial charge in [0, 0.05) is 30.5 Å². The van der Waals surface area contributed by atoms with Crippen molar-refractivity contribution in [2.24, 2.45) is 5.10 Å². The fraction of sp³-hybridized carbons (Fsp3) is 0.222. The number of carbonyl (C=O) groups excluding carboxylic acids is 1. The molecule has 0 heterocycles. The van der Waals surface area contributed by atoms with Gasteiger partial charge >= 0.3 is 0 Å². The Morgan fingerprint density at radius 3 is 2.33 bits per heavy atom. The Kier molecular flexibility index (Phi) is 6.21. The van der Waals surface area contributed by atoms with Gasteiger partial charge in [-0.15, -0.1) is 0 Å². The van der Waals surface area contributed by atoms with E-state index in [4.69, 9.17) is 11.6 Å². The van der Waals surface area contributed by atoms with Crippen LogP contribution in [0.4, 0.5) is 11.4 Å². The molecular weight excluding hydrogens is 324 g/mol. The van der Waals surface area contributed by atoms with E-state index in [1.165, 1.54) is 0 Å². The highest BCUT2D eigenvalue weighted by Gasteiger charge is 2.11. The van der Waals surface area contributed by atoms with Crippen molar-refractivity contribution in [1.29, 1.82) is 0 Å². The zero-order valence-electron chi connectivity index (χ0n) is 14.0. The lowest BCUT2D eigenvalue weighted by Crippen LogP contribution is -2.34. The number of carbonyl (C=O) groups is 1. The summed E-state index contributed by atoms with van der Waals surface area (Å²) in [5.41, 5.74) is 5.38. The second kappa shape index (κ2) is 8.36. The third kappa shape index (κ3) is 5.28. The Morgan fingerprint density at radius 2 is 1.75 bits per heavy atom. The number of rotatable bonds is 6. The lowest BCUT2D eigenvalue weighted by Gasteiger charge is -2.13. The lowest BCUT2D eigenvalue weighted by molar-refractivity contribution is -0.121. The zero-order chi connectivity index (χ0) is 17.5. The molecule has 0 saturated carbocycles. The predicted octanol–water partition coefficient (Wildman–Crippen LogP) is 3.36. The van der Waals surface area contributed by atoms with Crippen LogP contribution >= 0.6 is 11.6 Å². The molecule has 2 rings (SSSR count). The summed E-state index contributed by atoms with van der Waals surface area (Å²) in [5.74, 6) is -0.217. The van der Waals surface area contributed by atoms with Gasteiger partial charge in [0.25, 0.3) is 5.91 Å². The van der Waals surface area contributed by atoms with Crippen LogP contribution in [0.15, 0.2) is 53.6 Å². The average molecular weight is 345 g/mol. The fourth-order valence-electron chi connectivity index (χ4n) is 1.99. The summed E-state index contributed by atoms with van der Waals surface area (Å²) in [6, 6.07) is 14.6. The fourth-order valence-corrected chi connectivity index (χ4v) is 2.11. The molecule has 24 heavy (non-hydrogen) atoms. The number of anilines is 2. The summed E-state index contributed by atoms with van der Waals surface area (Å²) < 4.78 is 0. The van der Waals surface area contributed by atoms with E-state index >= 15 is 0 Å². The molecule has 0 aromatic heterocycles. The first-order valence-corrected chi connectivity index (χ1v) is 7.96. The van der Waals surface area contributed by atoms with Crippen molar-refractivity contribution in [3.8, 4) is 0 Å². The van der Waals surface area contributed by atoms with Crippen LogP contribution in [0.1, 0.15) is 12.5 Å². The molecule has 2 aromatic rings. The van der Waals surface area contributed by atoms with Gasteiger partial charge in [-0.05, 0) is 48.9 Å². The molecule has 0 unspecified atom stereocenters. The van der Waals surface area contributed by atoms with Crippen molar-refractivity contribution >= 4 is 35.1 Å². The Balaban J connectivity index is 1.86. The number of hydrogen-bond acceptors (Lipinski definition) is 4. The monoisotopic (exact) mass is 344 g/mol. The highest BCUT2D eigenvalue weighted by atomic mass is 35.5. The van der Waals surface area contributed by atoms with Crippen LogP contribution in [0.25, 0.3) is 0 Å². The van der Waals surface area contributed by atoms with Crippen molar-refractivity contribution in [2.75, 3.05) is 24.3 Å². The third-order valence-electron chi connectivity index (χ3n) is 3.42. The molecule has 5 nitrogen and oxygen atoms in total. The van der Waals surface area contributed by atoms with Crippen LogP contribution in [0.5, 0.6) is 0 Å². The van der Waals surface area contributed by atoms with Gasteiger partial charge in [-0.25, -0.2) is 5.43 Å². The number of nitrogens with one attached hydrogen (secondary N) is 2. The minimum Gasteiger partial charge on any atom is -0.378 e. The second-order valence-electron chi connectivity index (χ2n) is 5.59. The molecule has 0 saturated heterocycles. The Hall–Kier alpha value is -2.53. The number of halogens is 1. The molecule has 0 bridgehead atoms. The quantitative estimate of drug-likeness (QED) is 0.624. The topological polar surface area (TPSA) is 56.7 Å². The summed E-state index contributed by atoms with van der Waals surface area (Å²) in [4.78, 5) is 14.0. The summed E-state index contributed by atoms with van der Waals surface area (Å²) in [7, 11) is 3.97. The first-order chi connectivity index (χ1) is 11.5. The Bertz CT molecular complexity index is 696. The number of hydrazone groups is 1. The minimum absolute atomic E-state index is 0.217. The smallest absolute Gasteiger partial charge is 0.262 e. The van der Waals surface area contributed by atoms with Crippen LogP contribution in [0, 0.1) is 0 Å². The van der Waals surface area contributed by atoms with E-state index in [-0.39, 0.29) is 5.91 Å². The van der Waals surface area contributed by atoms with Crippen molar-refractivity contribution in [2.45, 2.75) is 13.0 Å². The van der Waals surface area contributed by atoms with Gasteiger partial charge < -0.3 is 10.2 Å². The largest absolute Gasteiger partial charge is 0.378 e. The maximum atomic E-state index is 12.0. The van der Waals surface area contributed by atoms with Crippen molar-refractivity contribution in [1.82, 2.24) is 5.43 Å². The standard InChI is InChI=1S/C18H21ClN4O/c1-13(21-16-8-6-15(19)7-9-16)18(24)22-20-12-14-4-10-17(11-5-14)23(2)3/h4-13,21H,1-3H3,(H,22,24)/b20-12-/t13-/m1/s1. The molecule has 1 atom stereocenters. The van der Waals surface area contributed by atoms with Gasteiger partial charge in [-0.2, -0.15) is 5.10 Å². The summed E-state index contributed by atoms with van der Waals surface area (Å²) in [5, 5.41) is 7.74. The molecule has 0 spiro atoms. The van der Waals surface area contributed by atoms with E-state index in [0.29, 0.717) is 5.02 Å². The first kappa shape index (κ1) is 17.8. The molecule has 2 aromatic carbocycles. The number of hydrogen-bond donors (Lipinski definition) is 2. The van der Waals surface area contributed by atoms with Gasteiger partial charge in [0.05, 0.1) is 6.21 Å². The normalized spacial score (nSPS) is 12.0. The Morgan fingerprint density at radius 1 is 1.12 bits per heavy atom. The molecule has 0 aliphatic carbocycles. The van der Waals surface area contributed by atoms with E-state index in [0.717, 1.165) is 16.9 Å². The lowest BCUT2D eigenvalue weighted by atomic mass is 10.2. The van der Waals surface area contributed by atoms with E-state index in [2.05, 4.69) is 15.8 Å². The molecule has 0 aliphatic rings. The molecule has 6 heteroatoms. The van der Waals surface area contributed by atoms with Crippen LogP contribution in [-0.4, -0.2) is 32.3 Å². The van der Waals surface area contributed by atoms with Gasteiger partial charge in [-0.1, -0.05) is 23.7 Å². The SMILES string of the molecule is C[C@@H](Nc1ccc(Cl)cc1)C(=O)N/N=C\c1ccc(N(C)C)cc1. The maximum Gasteiger partial charge on any atom is 0.262 e. The molecule has 0 fully saturated rings. The summed E-state index contributed by atoms with van der Waals surface area (Å²) >= 11 is 5.84. The molecule has 1 amide bonds. The van der Waals surface area contributed by atoms with Crippen LogP contribution in [-0.2, 0) is 4.79 Å². The predicted molar refractivity (Wildman–Crippen MR) is 101 cm³/mol. The number of benzene rings is 2. The first-order valence-electron chi connectivity index (χ1n) is 7.58. The van der Waals surface area contributed by atoms with Gasteiger partial charge in [0.2, 0.25) is 0 Å². The van der Waals surface area contributed by atoms with E-state index in [1.807, 2.05) is 55.4 Å². The van der Waals surface area contributed by atoms with E-state index in [1.54, 1.807) is 25.3 Å². The van der Waals surface area contributed by atoms with Crippen molar-refractivity contribution in [3.63, 3.8) is 0 Å². The van der Waals surface area contributed by atoms with Gasteiger partial charge in [-0.3, -0.25) is 4.79 Å². The van der Waals surface area contributed by atoms with Crippen molar-refractivity contribution in [3.05, 3.63) is 59.1 Å². The van der Waals surface area contributed by atoms with Crippen LogP contribution < -0.4 is 15.6 Å². The highest BCUT2D eigenvalue weighted by molar-refractivity contribution is 6.30. The van der Waals surface area contributed by atoms with E-state index < -0.39 is 6.04 Å². The second-order valence-corrected chi connectivity index (χ2v) is 6.03. The number of amides is 1. The molecule has 126 valence electrons. The average Bonchev–Trinajstić information content (AvgIpc) is 2.57. The third-order valence-corrected chi connectivity index (χ3v) is 3.67. The molecule has 2 N–H and O–H groups in total. The van der Waals surface area contributed by atoms with Gasteiger partial charge in [0.1, 0.15) is 6.04 Å². The molecule has 0 radical (unpaired) electrons. The highest BCUT2D eigenvalue weighted by Crippen LogP contribution is 2.14. The molecular formula is C18H21ClN4O. The minimum atomic E-state index is -0.417. The summed E-state index contributed by atoms with van der Waals surface area (Å²) in [6.45, 7) is 1.77. The number of nitrogens with zero attached hydrogens (tertiary/aromatic N) is 2. The van der Waals surface area contributed by atoms with Gasteiger partial charge in [0.15, 0.2) is 0 Å². The Labute approximate surface area is 147 Å². The molecule has 0 aliphatic heterocycles. The summed E-state index contributed by atoms with van der Waals surface area (Å²) in [6.07, 6.45) is 1.62. The zero-order valence-corrected chi connectivity index (χ0v) is 14.7. The van der Waals surface area contributed by atoms with Crippen molar-refractivity contribution < 1.29 is 4.79 Å². The maximum absolute atomic E-state index is 12.0. The van der Waals surface area contributed by atoms with E-state index in [9.17, 15) is 4.79 Å². The van der Waals surface area contributed by atoms with Crippen LogP contribution in [0.3, 0.4) is 0 Å².